The zero-order chi connectivity index (χ0) is 13.1. The SMILES string of the molecule is CCC(=O)N(C)CCc1nc(Br)c2ccccn12. The normalized spacial score (nSPS) is 10.8. The number of amides is 1. The van der Waals surface area contributed by atoms with Gasteiger partial charge >= 0.3 is 0 Å². The molecule has 0 aliphatic carbocycles. The average Bonchev–Trinajstić information content (AvgIpc) is 2.72. The third-order valence-corrected chi connectivity index (χ3v) is 3.56. The summed E-state index contributed by atoms with van der Waals surface area (Å²) in [4.78, 5) is 17.7. The van der Waals surface area contributed by atoms with Crippen LogP contribution in [0.5, 0.6) is 0 Å². The van der Waals surface area contributed by atoms with Gasteiger partial charge in [-0.05, 0) is 28.1 Å². The fraction of sp³-hybridized carbons (Fsp3) is 0.385. The molecule has 2 heterocycles. The first-order chi connectivity index (χ1) is 8.63. The number of aromatic nitrogens is 2. The van der Waals surface area contributed by atoms with Crippen molar-refractivity contribution >= 4 is 27.4 Å². The monoisotopic (exact) mass is 309 g/mol. The summed E-state index contributed by atoms with van der Waals surface area (Å²) in [6.45, 7) is 2.56. The molecule has 4 nitrogen and oxygen atoms in total. The van der Waals surface area contributed by atoms with E-state index in [1.165, 1.54) is 0 Å². The Morgan fingerprint density at radius 2 is 2.28 bits per heavy atom. The van der Waals surface area contributed by atoms with Crippen molar-refractivity contribution < 1.29 is 4.79 Å². The number of carbonyl (C=O) groups is 1. The van der Waals surface area contributed by atoms with Gasteiger partial charge in [-0.2, -0.15) is 0 Å². The summed E-state index contributed by atoms with van der Waals surface area (Å²) < 4.78 is 2.90. The Morgan fingerprint density at radius 3 is 3.00 bits per heavy atom. The van der Waals surface area contributed by atoms with Gasteiger partial charge in [0.2, 0.25) is 5.91 Å². The predicted octanol–water partition coefficient (Wildman–Crippen LogP) is 2.51. The van der Waals surface area contributed by atoms with Crippen molar-refractivity contribution in [2.24, 2.45) is 0 Å². The maximum absolute atomic E-state index is 11.5. The van der Waals surface area contributed by atoms with Crippen molar-refractivity contribution in [1.29, 1.82) is 0 Å². The highest BCUT2D eigenvalue weighted by Gasteiger charge is 2.11. The smallest absolute Gasteiger partial charge is 0.222 e. The molecule has 2 aromatic rings. The maximum Gasteiger partial charge on any atom is 0.222 e. The molecule has 0 radical (unpaired) electrons. The number of carbonyl (C=O) groups excluding carboxylic acids is 1. The van der Waals surface area contributed by atoms with Crippen LogP contribution in [0, 0.1) is 0 Å². The fourth-order valence-electron chi connectivity index (χ4n) is 1.90. The van der Waals surface area contributed by atoms with Gasteiger partial charge in [-0.25, -0.2) is 4.98 Å². The molecule has 0 aliphatic heterocycles. The molecule has 18 heavy (non-hydrogen) atoms. The van der Waals surface area contributed by atoms with Crippen molar-refractivity contribution in [2.45, 2.75) is 19.8 Å². The lowest BCUT2D eigenvalue weighted by atomic mass is 10.3. The number of fused-ring (bicyclic) bond motifs is 1. The molecule has 0 atom stereocenters. The summed E-state index contributed by atoms with van der Waals surface area (Å²) in [5.41, 5.74) is 1.05. The second-order valence-electron chi connectivity index (χ2n) is 4.19. The first-order valence-corrected chi connectivity index (χ1v) is 6.78. The quantitative estimate of drug-likeness (QED) is 0.870. The molecule has 0 saturated heterocycles. The molecule has 0 spiro atoms. The molecule has 5 heteroatoms. The minimum absolute atomic E-state index is 0.162. The van der Waals surface area contributed by atoms with Crippen LogP contribution in [0.2, 0.25) is 0 Å². The van der Waals surface area contributed by atoms with Gasteiger partial charge in [0, 0.05) is 32.6 Å². The molecule has 96 valence electrons. The van der Waals surface area contributed by atoms with Crippen LogP contribution in [0.1, 0.15) is 19.2 Å². The first kappa shape index (κ1) is 13.1. The van der Waals surface area contributed by atoms with Crippen molar-refractivity contribution in [3.05, 3.63) is 34.8 Å². The fourth-order valence-corrected chi connectivity index (χ4v) is 2.43. The van der Waals surface area contributed by atoms with Gasteiger partial charge in [0.05, 0.1) is 5.52 Å². The van der Waals surface area contributed by atoms with Crippen molar-refractivity contribution in [1.82, 2.24) is 14.3 Å². The van der Waals surface area contributed by atoms with Crippen LogP contribution in [-0.4, -0.2) is 33.8 Å². The molecule has 0 bridgehead atoms. The van der Waals surface area contributed by atoms with Gasteiger partial charge in [-0.3, -0.25) is 4.79 Å². The Kier molecular flexibility index (Phi) is 4.01. The lowest BCUT2D eigenvalue weighted by Crippen LogP contribution is -2.28. The zero-order valence-corrected chi connectivity index (χ0v) is 12.1. The second-order valence-corrected chi connectivity index (χ2v) is 4.94. The van der Waals surface area contributed by atoms with Crippen LogP contribution < -0.4 is 0 Å². The lowest BCUT2D eigenvalue weighted by Gasteiger charge is -2.15. The Hall–Kier alpha value is -1.36. The van der Waals surface area contributed by atoms with Gasteiger partial charge in [0.15, 0.2) is 0 Å². The Bertz CT molecular complexity index is 564. The molecule has 0 saturated carbocycles. The van der Waals surface area contributed by atoms with E-state index in [0.717, 1.165) is 22.4 Å². The second kappa shape index (κ2) is 5.52. The molecule has 0 aliphatic rings. The number of rotatable bonds is 4. The van der Waals surface area contributed by atoms with Crippen molar-refractivity contribution in [3.63, 3.8) is 0 Å². The Labute approximate surface area is 115 Å². The van der Waals surface area contributed by atoms with Crippen molar-refractivity contribution in [2.75, 3.05) is 13.6 Å². The van der Waals surface area contributed by atoms with Crippen LogP contribution in [-0.2, 0) is 11.2 Å². The minimum atomic E-state index is 0.162. The highest BCUT2D eigenvalue weighted by atomic mass is 79.9. The number of nitrogens with zero attached hydrogens (tertiary/aromatic N) is 3. The van der Waals surface area contributed by atoms with E-state index in [1.54, 1.807) is 4.90 Å². The molecular formula is C13H16BrN3O. The van der Waals surface area contributed by atoms with E-state index < -0.39 is 0 Å². The molecule has 0 N–H and O–H groups in total. The summed E-state index contributed by atoms with van der Waals surface area (Å²) in [7, 11) is 1.83. The topological polar surface area (TPSA) is 37.6 Å². The van der Waals surface area contributed by atoms with E-state index in [1.807, 2.05) is 42.8 Å². The summed E-state index contributed by atoms with van der Waals surface area (Å²) >= 11 is 3.45. The molecule has 1 amide bonds. The lowest BCUT2D eigenvalue weighted by molar-refractivity contribution is -0.129. The van der Waals surface area contributed by atoms with Gasteiger partial charge in [0.1, 0.15) is 10.4 Å². The van der Waals surface area contributed by atoms with Crippen LogP contribution in [0.25, 0.3) is 5.52 Å². The van der Waals surface area contributed by atoms with Crippen LogP contribution >= 0.6 is 15.9 Å². The van der Waals surface area contributed by atoms with E-state index in [0.29, 0.717) is 13.0 Å². The summed E-state index contributed by atoms with van der Waals surface area (Å²) in [5, 5.41) is 0. The van der Waals surface area contributed by atoms with Gasteiger partial charge in [-0.15, -0.1) is 0 Å². The van der Waals surface area contributed by atoms with Gasteiger partial charge < -0.3 is 9.30 Å². The van der Waals surface area contributed by atoms with E-state index in [4.69, 9.17) is 0 Å². The summed E-state index contributed by atoms with van der Waals surface area (Å²) in [5.74, 6) is 1.13. The van der Waals surface area contributed by atoms with Crippen molar-refractivity contribution in [3.8, 4) is 0 Å². The largest absolute Gasteiger partial charge is 0.345 e. The molecule has 2 rings (SSSR count). The van der Waals surface area contributed by atoms with E-state index in [2.05, 4.69) is 20.9 Å². The summed E-state index contributed by atoms with van der Waals surface area (Å²) in [6, 6.07) is 5.98. The number of hydrogen-bond acceptors (Lipinski definition) is 2. The number of hydrogen-bond donors (Lipinski definition) is 0. The standard InChI is InChI=1S/C13H16BrN3O/c1-3-12(18)16(2)9-7-11-15-13(14)10-6-4-5-8-17(10)11/h4-6,8H,3,7,9H2,1-2H3. The minimum Gasteiger partial charge on any atom is -0.345 e. The number of pyridine rings is 1. The molecule has 0 fully saturated rings. The Balaban J connectivity index is 2.15. The van der Waals surface area contributed by atoms with Crippen LogP contribution in [0.4, 0.5) is 0 Å². The highest BCUT2D eigenvalue weighted by molar-refractivity contribution is 9.10. The van der Waals surface area contributed by atoms with Crippen LogP contribution in [0.15, 0.2) is 29.0 Å². The van der Waals surface area contributed by atoms with Gasteiger partial charge in [-0.1, -0.05) is 13.0 Å². The molecular weight excluding hydrogens is 294 g/mol. The Morgan fingerprint density at radius 1 is 1.50 bits per heavy atom. The van der Waals surface area contributed by atoms with E-state index in [-0.39, 0.29) is 5.91 Å². The third-order valence-electron chi connectivity index (χ3n) is 2.98. The number of likely N-dealkylation sites (N-methyl/N-ethyl adjacent to an activating group) is 1. The maximum atomic E-state index is 11.5. The number of imidazole rings is 1. The third kappa shape index (κ3) is 2.56. The zero-order valence-electron chi connectivity index (χ0n) is 10.6. The number of halogens is 1. The van der Waals surface area contributed by atoms with E-state index >= 15 is 0 Å². The molecule has 2 aromatic heterocycles. The van der Waals surface area contributed by atoms with E-state index in [9.17, 15) is 4.79 Å². The van der Waals surface area contributed by atoms with Gasteiger partial charge in [0.25, 0.3) is 0 Å². The van der Waals surface area contributed by atoms with Crippen LogP contribution in [0.3, 0.4) is 0 Å². The predicted molar refractivity (Wildman–Crippen MR) is 74.5 cm³/mol. The first-order valence-electron chi connectivity index (χ1n) is 5.99. The molecule has 0 unspecified atom stereocenters. The highest BCUT2D eigenvalue weighted by Crippen LogP contribution is 2.18. The average molecular weight is 310 g/mol. The summed E-state index contributed by atoms with van der Waals surface area (Å²) in [6.07, 6.45) is 3.28. The molecule has 0 aromatic carbocycles.